The number of esters is 1. The van der Waals surface area contributed by atoms with Crippen LogP contribution in [0.2, 0.25) is 0 Å². The first-order chi connectivity index (χ1) is 9.36. The number of carbonyl (C=O) groups is 1. The van der Waals surface area contributed by atoms with Crippen LogP contribution in [0.1, 0.15) is 25.5 Å². The summed E-state index contributed by atoms with van der Waals surface area (Å²) in [6, 6.07) is 2.00. The Bertz CT molecular complexity index is 479. The molecule has 1 aromatic rings. The van der Waals surface area contributed by atoms with Gasteiger partial charge in [0, 0.05) is 5.56 Å². The number of phenols is 1. The number of phenolic OH excluding ortho intramolecular Hbond substituents is 1. The van der Waals surface area contributed by atoms with E-state index in [0.717, 1.165) is 0 Å². The highest BCUT2D eigenvalue weighted by Gasteiger charge is 2.48. The monoisotopic (exact) mass is 289 g/mol. The molecular weight excluding hydrogens is 272 g/mol. The van der Waals surface area contributed by atoms with Crippen LogP contribution in [-0.4, -0.2) is 30.2 Å². The van der Waals surface area contributed by atoms with Crippen LogP contribution in [0, 0.1) is 0 Å². The lowest BCUT2D eigenvalue weighted by Crippen LogP contribution is -2.41. The number of hydrogen-bond donors (Lipinski definition) is 2. The molecule has 0 fully saturated rings. The molecule has 0 spiro atoms. The van der Waals surface area contributed by atoms with Crippen LogP contribution in [0.5, 0.6) is 11.5 Å². The summed E-state index contributed by atoms with van der Waals surface area (Å²) < 4.78 is 37.0. The van der Waals surface area contributed by atoms with Crippen LogP contribution in [0.15, 0.2) is 18.2 Å². The number of hydrogen-bond acceptors (Lipinski definition) is 5. The molecule has 7 heteroatoms. The third-order valence-electron chi connectivity index (χ3n) is 2.60. The van der Waals surface area contributed by atoms with Crippen LogP contribution >= 0.6 is 0 Å². The molecule has 3 N–H and O–H groups in total. The smallest absolute Gasteiger partial charge is 0.379 e. The minimum atomic E-state index is -3.95. The third kappa shape index (κ3) is 3.16. The summed E-state index contributed by atoms with van der Waals surface area (Å²) in [7, 11) is 0. The predicted octanol–water partition coefficient (Wildman–Crippen LogP) is 1.99. The zero-order valence-corrected chi connectivity index (χ0v) is 11.2. The van der Waals surface area contributed by atoms with Gasteiger partial charge in [-0.05, 0) is 19.9 Å². The number of alkyl halides is 2. The van der Waals surface area contributed by atoms with E-state index in [9.17, 15) is 18.7 Å². The molecule has 0 aliphatic carbocycles. The van der Waals surface area contributed by atoms with E-state index in [0.29, 0.717) is 0 Å². The largest absolute Gasteiger partial charge is 0.504 e. The highest BCUT2D eigenvalue weighted by atomic mass is 19.3. The first-order valence-corrected chi connectivity index (χ1v) is 6.11. The first kappa shape index (κ1) is 16.2. The predicted molar refractivity (Wildman–Crippen MR) is 67.8 cm³/mol. The van der Waals surface area contributed by atoms with E-state index in [1.807, 2.05) is 0 Å². The fourth-order valence-corrected chi connectivity index (χ4v) is 1.61. The summed E-state index contributed by atoms with van der Waals surface area (Å²) >= 11 is 0. The maximum absolute atomic E-state index is 13.8. The second kappa shape index (κ2) is 6.51. The number of benzene rings is 1. The van der Waals surface area contributed by atoms with Gasteiger partial charge in [0.15, 0.2) is 11.5 Å². The molecule has 5 nitrogen and oxygen atoms in total. The molecule has 0 heterocycles. The van der Waals surface area contributed by atoms with Gasteiger partial charge in [-0.25, -0.2) is 4.79 Å². The zero-order valence-electron chi connectivity index (χ0n) is 11.2. The van der Waals surface area contributed by atoms with E-state index < -0.39 is 23.7 Å². The summed E-state index contributed by atoms with van der Waals surface area (Å²) in [6.07, 6.45) is 0. The molecule has 0 saturated carbocycles. The summed E-state index contributed by atoms with van der Waals surface area (Å²) in [6.45, 7) is 3.15. The molecular formula is C13H17F2NO4. The van der Waals surface area contributed by atoms with Crippen molar-refractivity contribution in [1.29, 1.82) is 0 Å². The maximum Gasteiger partial charge on any atom is 0.379 e. The highest BCUT2D eigenvalue weighted by Crippen LogP contribution is 2.39. The molecule has 0 amide bonds. The van der Waals surface area contributed by atoms with Crippen LogP contribution in [0.25, 0.3) is 0 Å². The van der Waals surface area contributed by atoms with E-state index in [1.165, 1.54) is 25.1 Å². The minimum absolute atomic E-state index is 0.0279. The van der Waals surface area contributed by atoms with E-state index in [-0.39, 0.29) is 24.5 Å². The van der Waals surface area contributed by atoms with Gasteiger partial charge in [-0.2, -0.15) is 8.78 Å². The maximum atomic E-state index is 13.8. The van der Waals surface area contributed by atoms with Crippen molar-refractivity contribution in [3.8, 4) is 11.5 Å². The van der Waals surface area contributed by atoms with E-state index >= 15 is 0 Å². The Hall–Kier alpha value is -1.89. The van der Waals surface area contributed by atoms with E-state index in [4.69, 9.17) is 10.5 Å². The lowest BCUT2D eigenvalue weighted by Gasteiger charge is -2.23. The van der Waals surface area contributed by atoms with Gasteiger partial charge < -0.3 is 20.3 Å². The van der Waals surface area contributed by atoms with Gasteiger partial charge in [0.25, 0.3) is 0 Å². The number of halogens is 2. The Kier molecular flexibility index (Phi) is 5.26. The average molecular weight is 289 g/mol. The molecule has 20 heavy (non-hydrogen) atoms. The van der Waals surface area contributed by atoms with Crippen molar-refractivity contribution in [3.63, 3.8) is 0 Å². The minimum Gasteiger partial charge on any atom is -0.504 e. The standard InChI is InChI=1S/C13H17F2NO4/c1-3-19-9-7-5-6-8(10(9)17)11(16)13(14,15)12(18)20-4-2/h5-7,11,17H,3-4,16H2,1-2H3/t11-/m0/s1. The van der Waals surface area contributed by atoms with Gasteiger partial charge in [0.2, 0.25) is 0 Å². The van der Waals surface area contributed by atoms with E-state index in [2.05, 4.69) is 4.74 Å². The molecule has 0 aliphatic heterocycles. The molecule has 1 aromatic carbocycles. The first-order valence-electron chi connectivity index (χ1n) is 6.11. The lowest BCUT2D eigenvalue weighted by molar-refractivity contribution is -0.174. The molecule has 0 unspecified atom stereocenters. The molecule has 0 radical (unpaired) electrons. The second-order valence-electron chi connectivity index (χ2n) is 3.95. The number of nitrogens with two attached hydrogens (primary N) is 1. The van der Waals surface area contributed by atoms with Gasteiger partial charge in [-0.3, -0.25) is 0 Å². The van der Waals surface area contributed by atoms with Gasteiger partial charge in [0.1, 0.15) is 6.04 Å². The highest BCUT2D eigenvalue weighted by molar-refractivity contribution is 5.79. The van der Waals surface area contributed by atoms with Crippen LogP contribution in [-0.2, 0) is 9.53 Å². The SMILES string of the molecule is CCOC(=O)C(F)(F)[C@@H](N)c1cccc(OCC)c1O. The van der Waals surface area contributed by atoms with Crippen molar-refractivity contribution in [2.24, 2.45) is 5.73 Å². The fraction of sp³-hybridized carbons (Fsp3) is 0.462. The Labute approximate surface area is 115 Å². The van der Waals surface area contributed by atoms with Crippen LogP contribution < -0.4 is 10.5 Å². The van der Waals surface area contributed by atoms with Gasteiger partial charge in [-0.1, -0.05) is 12.1 Å². The lowest BCUT2D eigenvalue weighted by atomic mass is 10.00. The van der Waals surface area contributed by atoms with Crippen molar-refractivity contribution < 1.29 is 28.2 Å². The number of rotatable bonds is 6. The average Bonchev–Trinajstić information content (AvgIpc) is 2.41. The number of ether oxygens (including phenoxy) is 2. The Balaban J connectivity index is 3.11. The van der Waals surface area contributed by atoms with Gasteiger partial charge in [0.05, 0.1) is 13.2 Å². The molecule has 0 aromatic heterocycles. The summed E-state index contributed by atoms with van der Waals surface area (Å²) in [5.41, 5.74) is 5.12. The van der Waals surface area contributed by atoms with Crippen molar-refractivity contribution in [3.05, 3.63) is 23.8 Å². The molecule has 1 atom stereocenters. The molecule has 0 saturated heterocycles. The van der Waals surface area contributed by atoms with Crippen molar-refractivity contribution >= 4 is 5.97 Å². The van der Waals surface area contributed by atoms with Gasteiger partial charge in [-0.15, -0.1) is 0 Å². The Morgan fingerprint density at radius 2 is 2.05 bits per heavy atom. The van der Waals surface area contributed by atoms with Gasteiger partial charge >= 0.3 is 11.9 Å². The summed E-state index contributed by atoms with van der Waals surface area (Å²) in [5, 5.41) is 9.87. The number of aromatic hydroxyl groups is 1. The third-order valence-corrected chi connectivity index (χ3v) is 2.60. The van der Waals surface area contributed by atoms with E-state index in [1.54, 1.807) is 6.92 Å². The molecule has 112 valence electrons. The molecule has 0 aliphatic rings. The molecule has 1 rings (SSSR count). The van der Waals surface area contributed by atoms with Crippen LogP contribution in [0.3, 0.4) is 0 Å². The normalized spacial score (nSPS) is 12.8. The van der Waals surface area contributed by atoms with Crippen molar-refractivity contribution in [1.82, 2.24) is 0 Å². The Morgan fingerprint density at radius 1 is 1.40 bits per heavy atom. The summed E-state index contributed by atoms with van der Waals surface area (Å²) in [5.74, 6) is -6.15. The quantitative estimate of drug-likeness (QED) is 0.783. The number of carbonyl (C=O) groups excluding carboxylic acids is 1. The van der Waals surface area contributed by atoms with Crippen molar-refractivity contribution in [2.45, 2.75) is 25.8 Å². The van der Waals surface area contributed by atoms with Crippen LogP contribution in [0.4, 0.5) is 8.78 Å². The van der Waals surface area contributed by atoms with Crippen molar-refractivity contribution in [2.75, 3.05) is 13.2 Å². The topological polar surface area (TPSA) is 81.8 Å². The second-order valence-corrected chi connectivity index (χ2v) is 3.95. The number of para-hydroxylation sites is 1. The Morgan fingerprint density at radius 3 is 2.60 bits per heavy atom. The molecule has 0 bridgehead atoms. The fourth-order valence-electron chi connectivity index (χ4n) is 1.61. The zero-order chi connectivity index (χ0) is 15.3. The summed E-state index contributed by atoms with van der Waals surface area (Å²) in [4.78, 5) is 11.2.